The molecule has 6 nitrogen and oxygen atoms in total. The molecule has 1 heterocycles. The van der Waals surface area contributed by atoms with Crippen molar-refractivity contribution in [3.8, 4) is 0 Å². The Morgan fingerprint density at radius 1 is 1.29 bits per heavy atom. The fraction of sp³-hybridized carbons (Fsp3) is 0.588. The van der Waals surface area contributed by atoms with E-state index in [9.17, 15) is 13.2 Å². The van der Waals surface area contributed by atoms with Gasteiger partial charge < -0.3 is 5.32 Å². The van der Waals surface area contributed by atoms with Crippen molar-refractivity contribution >= 4 is 16.1 Å². The van der Waals surface area contributed by atoms with Gasteiger partial charge in [-0.1, -0.05) is 29.8 Å². The van der Waals surface area contributed by atoms with Gasteiger partial charge in [-0.25, -0.2) is 0 Å². The van der Waals surface area contributed by atoms with E-state index in [2.05, 4.69) is 5.32 Å². The van der Waals surface area contributed by atoms with E-state index in [1.54, 1.807) is 0 Å². The molecule has 7 heteroatoms. The second kappa shape index (κ2) is 7.63. The van der Waals surface area contributed by atoms with Gasteiger partial charge in [-0.15, -0.1) is 0 Å². The molecule has 0 aliphatic carbocycles. The second-order valence-corrected chi connectivity index (χ2v) is 8.77. The normalized spacial score (nSPS) is 20.8. The minimum atomic E-state index is -3.47. The fourth-order valence-corrected chi connectivity index (χ4v) is 4.06. The van der Waals surface area contributed by atoms with Crippen LogP contribution >= 0.6 is 0 Å². The summed E-state index contributed by atoms with van der Waals surface area (Å²) in [6.45, 7) is 4.68. The SMILES string of the molecule is Cc1ccc([C@H](C)NC(=O)[C@H]2CCCN(S(=O)(=O)N(C)C)C2)cc1. The molecule has 1 fully saturated rings. The monoisotopic (exact) mass is 353 g/mol. The molecule has 1 N–H and O–H groups in total. The van der Waals surface area contributed by atoms with Crippen molar-refractivity contribution in [2.45, 2.75) is 32.7 Å². The van der Waals surface area contributed by atoms with Gasteiger partial charge in [0.1, 0.15) is 0 Å². The van der Waals surface area contributed by atoms with Crippen LogP contribution in [0.3, 0.4) is 0 Å². The Kier molecular flexibility index (Phi) is 6.01. The molecule has 2 atom stereocenters. The number of hydrogen-bond acceptors (Lipinski definition) is 3. The van der Waals surface area contributed by atoms with Gasteiger partial charge in [-0.2, -0.15) is 17.0 Å². The van der Waals surface area contributed by atoms with Gasteiger partial charge in [-0.3, -0.25) is 4.79 Å². The van der Waals surface area contributed by atoms with E-state index in [1.165, 1.54) is 28.3 Å². The zero-order valence-electron chi connectivity index (χ0n) is 14.8. The van der Waals surface area contributed by atoms with Crippen LogP contribution in [0.2, 0.25) is 0 Å². The molecule has 24 heavy (non-hydrogen) atoms. The molecule has 0 spiro atoms. The van der Waals surface area contributed by atoms with Crippen LogP contribution in [0.4, 0.5) is 0 Å². The van der Waals surface area contributed by atoms with Crippen LogP contribution < -0.4 is 5.32 Å². The van der Waals surface area contributed by atoms with Crippen LogP contribution in [0, 0.1) is 12.8 Å². The third kappa shape index (κ3) is 4.34. The van der Waals surface area contributed by atoms with E-state index < -0.39 is 10.2 Å². The van der Waals surface area contributed by atoms with Crippen LogP contribution in [0.1, 0.15) is 36.9 Å². The highest BCUT2D eigenvalue weighted by molar-refractivity contribution is 7.86. The van der Waals surface area contributed by atoms with Crippen molar-refractivity contribution in [2.75, 3.05) is 27.2 Å². The second-order valence-electron chi connectivity index (χ2n) is 6.63. The minimum absolute atomic E-state index is 0.0817. The van der Waals surface area contributed by atoms with E-state index in [1.807, 2.05) is 38.1 Å². The highest BCUT2D eigenvalue weighted by atomic mass is 32.2. The van der Waals surface area contributed by atoms with Crippen LogP contribution in [0.25, 0.3) is 0 Å². The molecule has 1 aromatic carbocycles. The number of aryl methyl sites for hydroxylation is 1. The van der Waals surface area contributed by atoms with Gasteiger partial charge in [0.05, 0.1) is 12.0 Å². The Hall–Kier alpha value is -1.44. The maximum atomic E-state index is 12.5. The summed E-state index contributed by atoms with van der Waals surface area (Å²) >= 11 is 0. The topological polar surface area (TPSA) is 69.7 Å². The molecule has 1 aliphatic heterocycles. The number of benzene rings is 1. The van der Waals surface area contributed by atoms with Gasteiger partial charge in [0.25, 0.3) is 10.2 Å². The molecule has 2 rings (SSSR count). The van der Waals surface area contributed by atoms with Gasteiger partial charge in [0.15, 0.2) is 0 Å². The van der Waals surface area contributed by atoms with E-state index in [0.29, 0.717) is 19.4 Å². The first-order chi connectivity index (χ1) is 11.2. The molecule has 0 saturated carbocycles. The molecule has 134 valence electrons. The predicted octanol–water partition coefficient (Wildman–Crippen LogP) is 1.69. The summed E-state index contributed by atoms with van der Waals surface area (Å²) in [4.78, 5) is 12.5. The molecule has 0 radical (unpaired) electrons. The fourth-order valence-electron chi connectivity index (χ4n) is 2.87. The standard InChI is InChI=1S/C17H27N3O3S/c1-13-7-9-15(10-8-13)14(2)18-17(21)16-6-5-11-20(12-16)24(22,23)19(3)4/h7-10,14,16H,5-6,11-12H2,1-4H3,(H,18,21)/t14-,16-/m0/s1. The minimum Gasteiger partial charge on any atom is -0.349 e. The van der Waals surface area contributed by atoms with Crippen molar-refractivity contribution in [3.05, 3.63) is 35.4 Å². The number of nitrogens with one attached hydrogen (secondary N) is 1. The molecule has 0 unspecified atom stereocenters. The number of carbonyl (C=O) groups excluding carboxylic acids is 1. The highest BCUT2D eigenvalue weighted by Crippen LogP contribution is 2.22. The van der Waals surface area contributed by atoms with E-state index in [4.69, 9.17) is 0 Å². The van der Waals surface area contributed by atoms with E-state index in [0.717, 1.165) is 5.56 Å². The van der Waals surface area contributed by atoms with Crippen LogP contribution in [0.15, 0.2) is 24.3 Å². The number of carbonyl (C=O) groups is 1. The average Bonchev–Trinajstić information content (AvgIpc) is 2.55. The van der Waals surface area contributed by atoms with Crippen LogP contribution in [-0.2, 0) is 15.0 Å². The largest absolute Gasteiger partial charge is 0.349 e. The number of hydrogen-bond donors (Lipinski definition) is 1. The van der Waals surface area contributed by atoms with Gasteiger partial charge in [-0.05, 0) is 32.3 Å². The first-order valence-electron chi connectivity index (χ1n) is 8.26. The zero-order valence-corrected chi connectivity index (χ0v) is 15.6. The number of rotatable bonds is 5. The third-order valence-corrected chi connectivity index (χ3v) is 6.39. The van der Waals surface area contributed by atoms with Gasteiger partial charge in [0, 0.05) is 27.2 Å². The molecule has 1 saturated heterocycles. The maximum Gasteiger partial charge on any atom is 0.281 e. The smallest absolute Gasteiger partial charge is 0.281 e. The van der Waals surface area contributed by atoms with E-state index >= 15 is 0 Å². The molecule has 0 aromatic heterocycles. The first-order valence-corrected chi connectivity index (χ1v) is 9.66. The Morgan fingerprint density at radius 2 is 1.92 bits per heavy atom. The van der Waals surface area contributed by atoms with Crippen molar-refractivity contribution < 1.29 is 13.2 Å². The lowest BCUT2D eigenvalue weighted by Gasteiger charge is -2.33. The van der Waals surface area contributed by atoms with Crippen molar-refractivity contribution in [3.63, 3.8) is 0 Å². The Morgan fingerprint density at radius 3 is 2.50 bits per heavy atom. The van der Waals surface area contributed by atoms with Gasteiger partial charge >= 0.3 is 0 Å². The Bertz CT molecular complexity index is 671. The summed E-state index contributed by atoms with van der Waals surface area (Å²) in [6, 6.07) is 7.95. The lowest BCUT2D eigenvalue weighted by atomic mass is 9.97. The lowest BCUT2D eigenvalue weighted by Crippen LogP contribution is -2.49. The zero-order chi connectivity index (χ0) is 17.9. The highest BCUT2D eigenvalue weighted by Gasteiger charge is 2.33. The van der Waals surface area contributed by atoms with Crippen LogP contribution in [0.5, 0.6) is 0 Å². The lowest BCUT2D eigenvalue weighted by molar-refractivity contribution is -0.126. The number of amides is 1. The summed E-state index contributed by atoms with van der Waals surface area (Å²) in [7, 11) is -0.440. The van der Waals surface area contributed by atoms with Gasteiger partial charge in [0.2, 0.25) is 5.91 Å². The molecule has 1 aromatic rings. The Balaban J connectivity index is 2.00. The predicted molar refractivity (Wildman–Crippen MR) is 94.6 cm³/mol. The van der Waals surface area contributed by atoms with Crippen molar-refractivity contribution in [2.24, 2.45) is 5.92 Å². The summed E-state index contributed by atoms with van der Waals surface area (Å²) in [5.74, 6) is -0.386. The molecular formula is C17H27N3O3S. The first kappa shape index (κ1) is 18.9. The third-order valence-electron chi connectivity index (χ3n) is 4.48. The summed E-state index contributed by atoms with van der Waals surface area (Å²) < 4.78 is 27.1. The maximum absolute atomic E-state index is 12.5. The van der Waals surface area contributed by atoms with Crippen molar-refractivity contribution in [1.29, 1.82) is 0 Å². The average molecular weight is 353 g/mol. The Labute approximate surface area is 145 Å². The molecule has 0 bridgehead atoms. The van der Waals surface area contributed by atoms with E-state index in [-0.39, 0.29) is 24.4 Å². The summed E-state index contributed by atoms with van der Waals surface area (Å²) in [6.07, 6.45) is 1.41. The molecule has 1 aliphatic rings. The summed E-state index contributed by atoms with van der Waals surface area (Å²) in [5.41, 5.74) is 2.22. The molecular weight excluding hydrogens is 326 g/mol. The number of nitrogens with zero attached hydrogens (tertiary/aromatic N) is 2. The summed E-state index contributed by atoms with van der Waals surface area (Å²) in [5, 5.41) is 3.01. The van der Waals surface area contributed by atoms with Crippen molar-refractivity contribution in [1.82, 2.24) is 13.9 Å². The van der Waals surface area contributed by atoms with Crippen LogP contribution in [-0.4, -0.2) is 50.1 Å². The quantitative estimate of drug-likeness (QED) is 0.876. The molecule has 1 amide bonds. The number of piperidine rings is 1.